The maximum atomic E-state index is 5.93. The van der Waals surface area contributed by atoms with Gasteiger partial charge in [-0.05, 0) is 19.3 Å². The molecule has 2 heterocycles. The fourth-order valence-electron chi connectivity index (χ4n) is 4.36. The molecule has 84 valence electrons. The monoisotopic (exact) mass is 210 g/mol. The van der Waals surface area contributed by atoms with Crippen molar-refractivity contribution in [1.82, 2.24) is 0 Å². The van der Waals surface area contributed by atoms with Crippen LogP contribution in [0.1, 0.15) is 32.6 Å². The standard InChI is InChI=1S/C12H18O3/c1-2-11-4-3-9-10(15-9)8(11)7-12(11)13-5-6-14-12/h8-10H,2-7H2,1H3. The Kier molecular flexibility index (Phi) is 1.54. The number of hydrogen-bond donors (Lipinski definition) is 0. The molecule has 0 aromatic heterocycles. The van der Waals surface area contributed by atoms with Gasteiger partial charge in [-0.2, -0.15) is 0 Å². The molecular weight excluding hydrogens is 192 g/mol. The van der Waals surface area contributed by atoms with E-state index in [1.807, 2.05) is 0 Å². The molecule has 0 N–H and O–H groups in total. The molecule has 4 unspecified atom stereocenters. The van der Waals surface area contributed by atoms with Crippen LogP contribution < -0.4 is 0 Å². The van der Waals surface area contributed by atoms with Crippen LogP contribution in [-0.4, -0.2) is 31.2 Å². The summed E-state index contributed by atoms with van der Waals surface area (Å²) < 4.78 is 17.6. The van der Waals surface area contributed by atoms with Crippen molar-refractivity contribution in [3.05, 3.63) is 0 Å². The van der Waals surface area contributed by atoms with E-state index in [1.165, 1.54) is 19.3 Å². The molecule has 4 atom stereocenters. The zero-order valence-corrected chi connectivity index (χ0v) is 9.20. The van der Waals surface area contributed by atoms with Gasteiger partial charge in [0, 0.05) is 17.8 Å². The third-order valence-electron chi connectivity index (χ3n) is 5.23. The van der Waals surface area contributed by atoms with Gasteiger partial charge >= 0.3 is 0 Å². The van der Waals surface area contributed by atoms with Crippen LogP contribution in [0.3, 0.4) is 0 Å². The van der Waals surface area contributed by atoms with Gasteiger partial charge in [0.1, 0.15) is 0 Å². The van der Waals surface area contributed by atoms with E-state index in [1.54, 1.807) is 0 Å². The number of epoxide rings is 1. The summed E-state index contributed by atoms with van der Waals surface area (Å²) >= 11 is 0. The molecule has 15 heavy (non-hydrogen) atoms. The Labute approximate surface area is 90.1 Å². The van der Waals surface area contributed by atoms with Crippen molar-refractivity contribution in [2.75, 3.05) is 13.2 Å². The Hall–Kier alpha value is -0.120. The molecule has 2 saturated carbocycles. The first-order valence-electron chi connectivity index (χ1n) is 6.25. The van der Waals surface area contributed by atoms with E-state index in [2.05, 4.69) is 6.92 Å². The van der Waals surface area contributed by atoms with Crippen molar-refractivity contribution in [2.24, 2.45) is 11.3 Å². The molecule has 0 aromatic carbocycles. The number of ether oxygens (including phenoxy) is 3. The molecule has 4 fully saturated rings. The normalized spacial score (nSPS) is 54.6. The summed E-state index contributed by atoms with van der Waals surface area (Å²) in [5.74, 6) is 0.489. The molecule has 3 heteroatoms. The molecule has 0 amide bonds. The van der Waals surface area contributed by atoms with Crippen LogP contribution in [0.25, 0.3) is 0 Å². The highest BCUT2D eigenvalue weighted by Gasteiger charge is 2.75. The van der Waals surface area contributed by atoms with E-state index in [-0.39, 0.29) is 11.2 Å². The summed E-state index contributed by atoms with van der Waals surface area (Å²) in [5.41, 5.74) is 0.279. The van der Waals surface area contributed by atoms with Crippen molar-refractivity contribution in [1.29, 1.82) is 0 Å². The highest BCUT2D eigenvalue weighted by Crippen LogP contribution is 2.69. The first kappa shape index (κ1) is 8.97. The quantitative estimate of drug-likeness (QED) is 0.617. The molecule has 2 aliphatic heterocycles. The van der Waals surface area contributed by atoms with Crippen molar-refractivity contribution in [3.63, 3.8) is 0 Å². The van der Waals surface area contributed by atoms with Crippen LogP contribution in [0.4, 0.5) is 0 Å². The number of fused-ring (bicyclic) bond motifs is 4. The highest BCUT2D eigenvalue weighted by atomic mass is 16.7. The van der Waals surface area contributed by atoms with Crippen LogP contribution in [0, 0.1) is 11.3 Å². The van der Waals surface area contributed by atoms with Gasteiger partial charge in [-0.15, -0.1) is 0 Å². The second-order valence-corrected chi connectivity index (χ2v) is 5.45. The molecule has 0 aromatic rings. The van der Waals surface area contributed by atoms with Gasteiger partial charge in [-0.3, -0.25) is 0 Å². The Balaban J connectivity index is 1.69. The maximum Gasteiger partial charge on any atom is 0.174 e. The fourth-order valence-corrected chi connectivity index (χ4v) is 4.36. The van der Waals surface area contributed by atoms with E-state index in [0.717, 1.165) is 19.6 Å². The Bertz CT molecular complexity index is 297. The number of hydrogen-bond acceptors (Lipinski definition) is 3. The van der Waals surface area contributed by atoms with Crippen molar-refractivity contribution in [3.8, 4) is 0 Å². The van der Waals surface area contributed by atoms with Gasteiger partial charge in [0.25, 0.3) is 0 Å². The van der Waals surface area contributed by atoms with E-state index >= 15 is 0 Å². The first-order valence-corrected chi connectivity index (χ1v) is 6.25. The van der Waals surface area contributed by atoms with Crippen LogP contribution in [-0.2, 0) is 14.2 Å². The maximum absolute atomic E-state index is 5.93. The van der Waals surface area contributed by atoms with Gasteiger partial charge in [0.05, 0.1) is 25.4 Å². The van der Waals surface area contributed by atoms with Crippen LogP contribution in [0.5, 0.6) is 0 Å². The zero-order chi connectivity index (χ0) is 10.1. The third-order valence-corrected chi connectivity index (χ3v) is 5.23. The molecule has 0 radical (unpaired) electrons. The van der Waals surface area contributed by atoms with Gasteiger partial charge in [0.2, 0.25) is 0 Å². The van der Waals surface area contributed by atoms with E-state index in [4.69, 9.17) is 14.2 Å². The predicted molar refractivity (Wildman–Crippen MR) is 53.4 cm³/mol. The topological polar surface area (TPSA) is 31.0 Å². The Morgan fingerprint density at radius 3 is 2.80 bits per heavy atom. The van der Waals surface area contributed by atoms with Crippen molar-refractivity contribution in [2.45, 2.75) is 50.6 Å². The minimum atomic E-state index is -0.219. The summed E-state index contributed by atoms with van der Waals surface area (Å²) in [5, 5.41) is 0. The predicted octanol–water partition coefficient (Wildman–Crippen LogP) is 1.71. The van der Waals surface area contributed by atoms with Crippen molar-refractivity contribution >= 4 is 0 Å². The largest absolute Gasteiger partial charge is 0.369 e. The lowest BCUT2D eigenvalue weighted by atomic mass is 9.48. The second kappa shape index (κ2) is 2.58. The van der Waals surface area contributed by atoms with E-state index < -0.39 is 0 Å². The zero-order valence-electron chi connectivity index (χ0n) is 9.20. The Morgan fingerprint density at radius 2 is 2.07 bits per heavy atom. The van der Waals surface area contributed by atoms with Crippen LogP contribution >= 0.6 is 0 Å². The second-order valence-electron chi connectivity index (χ2n) is 5.45. The van der Waals surface area contributed by atoms with Crippen LogP contribution in [0.15, 0.2) is 0 Å². The lowest BCUT2D eigenvalue weighted by Crippen LogP contribution is -2.67. The van der Waals surface area contributed by atoms with Gasteiger partial charge in [-0.1, -0.05) is 6.92 Å². The van der Waals surface area contributed by atoms with Crippen LogP contribution in [0.2, 0.25) is 0 Å². The Morgan fingerprint density at radius 1 is 1.27 bits per heavy atom. The summed E-state index contributed by atoms with van der Waals surface area (Å²) in [4.78, 5) is 0. The van der Waals surface area contributed by atoms with E-state index in [0.29, 0.717) is 18.1 Å². The summed E-state index contributed by atoms with van der Waals surface area (Å²) in [6.45, 7) is 3.84. The van der Waals surface area contributed by atoms with Gasteiger partial charge in [-0.25, -0.2) is 0 Å². The van der Waals surface area contributed by atoms with Crippen molar-refractivity contribution < 1.29 is 14.2 Å². The molecule has 3 nitrogen and oxygen atoms in total. The SMILES string of the molecule is CCC12CCC3OC3C1CC21OCCO1. The summed E-state index contributed by atoms with van der Waals surface area (Å²) in [7, 11) is 0. The molecule has 4 aliphatic rings. The summed E-state index contributed by atoms with van der Waals surface area (Å²) in [6.07, 6.45) is 5.80. The lowest BCUT2D eigenvalue weighted by Gasteiger charge is -2.62. The molecule has 2 saturated heterocycles. The average Bonchev–Trinajstić information content (AvgIpc) is 2.84. The molecular formula is C12H18O3. The molecule has 1 spiro atoms. The smallest absolute Gasteiger partial charge is 0.174 e. The van der Waals surface area contributed by atoms with E-state index in [9.17, 15) is 0 Å². The first-order chi connectivity index (χ1) is 7.31. The van der Waals surface area contributed by atoms with Gasteiger partial charge in [0.15, 0.2) is 5.79 Å². The minimum absolute atomic E-state index is 0.219. The molecule has 4 rings (SSSR count). The number of rotatable bonds is 1. The lowest BCUT2D eigenvalue weighted by molar-refractivity contribution is -0.337. The highest BCUT2D eigenvalue weighted by molar-refractivity contribution is 5.19. The third kappa shape index (κ3) is 0.855. The summed E-state index contributed by atoms with van der Waals surface area (Å²) in [6, 6.07) is 0. The average molecular weight is 210 g/mol. The molecule has 0 bridgehead atoms. The minimum Gasteiger partial charge on any atom is -0.369 e. The van der Waals surface area contributed by atoms with Gasteiger partial charge < -0.3 is 14.2 Å². The fraction of sp³-hybridized carbons (Fsp3) is 1.00. The molecule has 2 aliphatic carbocycles.